The van der Waals surface area contributed by atoms with Crippen molar-refractivity contribution in [3.05, 3.63) is 12.2 Å². The molecule has 2 rings (SSSR count). The van der Waals surface area contributed by atoms with Crippen molar-refractivity contribution in [3.63, 3.8) is 0 Å². The number of halogens is 3. The molecule has 2 N–H and O–H groups in total. The third-order valence-corrected chi connectivity index (χ3v) is 4.95. The Morgan fingerprint density at radius 2 is 1.74 bits per heavy atom. The molecule has 0 unspecified atom stereocenters. The molecule has 9 heteroatoms. The van der Waals surface area contributed by atoms with Crippen LogP contribution in [0.15, 0.2) is 12.2 Å². The van der Waals surface area contributed by atoms with Gasteiger partial charge in [0.25, 0.3) is 0 Å². The molecule has 6 nitrogen and oxygen atoms in total. The standard InChI is InChI=1S/C18H25F3N2O4/c1-10(2)9-13(15(25)22-8-7-14(24)18(19,20)21)23-16(26)11-5-3-4-6-12(11)17(23)27/h3-4,10-14,24H,5-9H2,1-2H3,(H,22,25)/t11-,12-,13-,14+/m1/s1. The molecule has 1 aliphatic carbocycles. The van der Waals surface area contributed by atoms with E-state index >= 15 is 0 Å². The van der Waals surface area contributed by atoms with Gasteiger partial charge in [-0.3, -0.25) is 19.3 Å². The summed E-state index contributed by atoms with van der Waals surface area (Å²) < 4.78 is 37.1. The zero-order valence-electron chi connectivity index (χ0n) is 15.3. The van der Waals surface area contributed by atoms with E-state index in [1.807, 2.05) is 26.0 Å². The van der Waals surface area contributed by atoms with Crippen molar-refractivity contribution in [3.8, 4) is 0 Å². The van der Waals surface area contributed by atoms with Crippen LogP contribution >= 0.6 is 0 Å². The first-order valence-corrected chi connectivity index (χ1v) is 9.08. The molecule has 1 aliphatic heterocycles. The monoisotopic (exact) mass is 390 g/mol. The first-order valence-electron chi connectivity index (χ1n) is 9.08. The van der Waals surface area contributed by atoms with E-state index in [9.17, 15) is 27.6 Å². The molecule has 0 saturated carbocycles. The second-order valence-corrected chi connectivity index (χ2v) is 7.48. The molecule has 2 aliphatic rings. The van der Waals surface area contributed by atoms with Gasteiger partial charge in [0, 0.05) is 6.54 Å². The number of amides is 3. The predicted molar refractivity (Wildman–Crippen MR) is 90.1 cm³/mol. The third kappa shape index (κ3) is 4.88. The molecular formula is C18H25F3N2O4. The number of allylic oxidation sites excluding steroid dienone is 2. The quantitative estimate of drug-likeness (QED) is 0.513. The summed E-state index contributed by atoms with van der Waals surface area (Å²) in [5.74, 6) is -2.43. The Hall–Kier alpha value is -1.90. The summed E-state index contributed by atoms with van der Waals surface area (Å²) >= 11 is 0. The molecule has 0 aromatic heterocycles. The number of carbonyl (C=O) groups excluding carboxylic acids is 3. The van der Waals surface area contributed by atoms with Crippen molar-refractivity contribution in [1.29, 1.82) is 0 Å². The van der Waals surface area contributed by atoms with Crippen molar-refractivity contribution in [2.24, 2.45) is 17.8 Å². The van der Waals surface area contributed by atoms with Crippen LogP contribution in [0.1, 0.15) is 39.5 Å². The van der Waals surface area contributed by atoms with Crippen molar-refractivity contribution in [2.45, 2.75) is 57.9 Å². The average Bonchev–Trinajstić information content (AvgIpc) is 2.83. The molecule has 0 bridgehead atoms. The van der Waals surface area contributed by atoms with Gasteiger partial charge in [0.05, 0.1) is 11.8 Å². The molecule has 4 atom stereocenters. The van der Waals surface area contributed by atoms with Gasteiger partial charge in [0.2, 0.25) is 17.7 Å². The molecule has 152 valence electrons. The fraction of sp³-hybridized carbons (Fsp3) is 0.722. The number of aliphatic hydroxyl groups is 1. The number of carbonyl (C=O) groups is 3. The van der Waals surface area contributed by atoms with Crippen molar-refractivity contribution in [2.75, 3.05) is 6.54 Å². The van der Waals surface area contributed by atoms with Gasteiger partial charge in [-0.15, -0.1) is 0 Å². The van der Waals surface area contributed by atoms with Gasteiger partial charge in [0.15, 0.2) is 6.10 Å². The highest BCUT2D eigenvalue weighted by Gasteiger charge is 2.51. The van der Waals surface area contributed by atoms with E-state index in [1.54, 1.807) is 0 Å². The lowest BCUT2D eigenvalue weighted by Crippen LogP contribution is -2.51. The van der Waals surface area contributed by atoms with E-state index in [-0.39, 0.29) is 12.3 Å². The Balaban J connectivity index is 2.07. The fourth-order valence-electron chi connectivity index (χ4n) is 3.52. The SMILES string of the molecule is CC(C)C[C@H](C(=O)NCC[C@H](O)C(F)(F)F)N1C(=O)[C@@H]2CC=CC[C@H]2C1=O. The van der Waals surface area contributed by atoms with Crippen LogP contribution in [0.2, 0.25) is 0 Å². The lowest BCUT2D eigenvalue weighted by atomic mass is 9.85. The Labute approximate surface area is 155 Å². The number of aliphatic hydroxyl groups excluding tert-OH is 1. The van der Waals surface area contributed by atoms with Gasteiger partial charge in [-0.25, -0.2) is 0 Å². The maximum atomic E-state index is 12.7. The highest BCUT2D eigenvalue weighted by molar-refractivity contribution is 6.08. The number of hydrogen-bond donors (Lipinski definition) is 2. The zero-order valence-corrected chi connectivity index (χ0v) is 15.3. The van der Waals surface area contributed by atoms with Crippen LogP contribution in [0.25, 0.3) is 0 Å². The van der Waals surface area contributed by atoms with Crippen LogP contribution in [-0.4, -0.2) is 52.6 Å². The van der Waals surface area contributed by atoms with Crippen molar-refractivity contribution in [1.82, 2.24) is 10.2 Å². The average molecular weight is 390 g/mol. The largest absolute Gasteiger partial charge is 0.414 e. The highest BCUT2D eigenvalue weighted by atomic mass is 19.4. The second kappa shape index (κ2) is 8.41. The number of alkyl halides is 3. The van der Waals surface area contributed by atoms with E-state index in [1.165, 1.54) is 0 Å². The molecule has 0 aromatic carbocycles. The van der Waals surface area contributed by atoms with Gasteiger partial charge in [-0.05, 0) is 31.6 Å². The first-order chi connectivity index (χ1) is 12.5. The van der Waals surface area contributed by atoms with E-state index in [0.717, 1.165) is 4.90 Å². The first kappa shape index (κ1) is 21.4. The molecule has 1 saturated heterocycles. The van der Waals surface area contributed by atoms with Gasteiger partial charge in [-0.2, -0.15) is 13.2 Å². The van der Waals surface area contributed by atoms with Gasteiger partial charge in [-0.1, -0.05) is 26.0 Å². The minimum atomic E-state index is -4.76. The lowest BCUT2D eigenvalue weighted by molar-refractivity contribution is -0.205. The highest BCUT2D eigenvalue weighted by Crippen LogP contribution is 2.37. The van der Waals surface area contributed by atoms with E-state index in [0.29, 0.717) is 12.8 Å². The second-order valence-electron chi connectivity index (χ2n) is 7.48. The minimum Gasteiger partial charge on any atom is -0.384 e. The Bertz CT molecular complexity index is 592. The van der Waals surface area contributed by atoms with Crippen LogP contribution in [-0.2, 0) is 14.4 Å². The van der Waals surface area contributed by atoms with Gasteiger partial charge in [0.1, 0.15) is 6.04 Å². The fourth-order valence-corrected chi connectivity index (χ4v) is 3.52. The smallest absolute Gasteiger partial charge is 0.384 e. The number of fused-ring (bicyclic) bond motifs is 1. The molecule has 3 amide bonds. The molecule has 1 fully saturated rings. The maximum Gasteiger partial charge on any atom is 0.414 e. The van der Waals surface area contributed by atoms with Gasteiger partial charge < -0.3 is 10.4 Å². The molecule has 27 heavy (non-hydrogen) atoms. The van der Waals surface area contributed by atoms with Gasteiger partial charge >= 0.3 is 6.18 Å². The summed E-state index contributed by atoms with van der Waals surface area (Å²) in [6.07, 6.45) is -3.20. The molecule has 1 heterocycles. The number of likely N-dealkylation sites (tertiary alicyclic amines) is 1. The van der Waals surface area contributed by atoms with Crippen molar-refractivity contribution < 1.29 is 32.7 Å². The van der Waals surface area contributed by atoms with Crippen LogP contribution in [0, 0.1) is 17.8 Å². The summed E-state index contributed by atoms with van der Waals surface area (Å²) in [7, 11) is 0. The predicted octanol–water partition coefficient (Wildman–Crippen LogP) is 1.78. The van der Waals surface area contributed by atoms with E-state index < -0.39 is 60.8 Å². The summed E-state index contributed by atoms with van der Waals surface area (Å²) in [4.78, 5) is 38.9. The number of hydrogen-bond acceptors (Lipinski definition) is 4. The minimum absolute atomic E-state index is 0.0112. The van der Waals surface area contributed by atoms with Crippen LogP contribution in [0.4, 0.5) is 13.2 Å². The Kier molecular flexibility index (Phi) is 6.67. The molecular weight excluding hydrogens is 365 g/mol. The van der Waals surface area contributed by atoms with Crippen molar-refractivity contribution >= 4 is 17.7 Å². The Morgan fingerprint density at radius 1 is 1.22 bits per heavy atom. The van der Waals surface area contributed by atoms with E-state index in [4.69, 9.17) is 5.11 Å². The molecule has 0 aromatic rings. The summed E-state index contributed by atoms with van der Waals surface area (Å²) in [5, 5.41) is 11.3. The zero-order chi connectivity index (χ0) is 20.4. The van der Waals surface area contributed by atoms with E-state index in [2.05, 4.69) is 5.32 Å². The summed E-state index contributed by atoms with van der Waals surface area (Å²) in [6.45, 7) is 3.25. The van der Waals surface area contributed by atoms with Crippen LogP contribution in [0.5, 0.6) is 0 Å². The van der Waals surface area contributed by atoms with Crippen LogP contribution in [0.3, 0.4) is 0 Å². The maximum absolute atomic E-state index is 12.7. The topological polar surface area (TPSA) is 86.7 Å². The Morgan fingerprint density at radius 3 is 2.19 bits per heavy atom. The number of rotatable bonds is 7. The summed E-state index contributed by atoms with van der Waals surface area (Å²) in [6, 6.07) is -1.06. The summed E-state index contributed by atoms with van der Waals surface area (Å²) in [5.41, 5.74) is 0. The normalized spacial score (nSPS) is 24.9. The number of nitrogens with one attached hydrogen (secondary N) is 1. The van der Waals surface area contributed by atoms with Crippen LogP contribution < -0.4 is 5.32 Å². The number of nitrogens with zero attached hydrogens (tertiary/aromatic N) is 1. The number of imide groups is 1. The lowest BCUT2D eigenvalue weighted by Gasteiger charge is -2.27. The molecule has 0 radical (unpaired) electrons. The molecule has 0 spiro atoms. The third-order valence-electron chi connectivity index (χ3n) is 4.95.